The third-order valence-corrected chi connectivity index (χ3v) is 3.24. The van der Waals surface area contributed by atoms with Crippen molar-refractivity contribution >= 4 is 23.4 Å². The second-order valence-electron chi connectivity index (χ2n) is 4.96. The van der Waals surface area contributed by atoms with E-state index in [2.05, 4.69) is 10.5 Å². The van der Waals surface area contributed by atoms with Gasteiger partial charge in [0.15, 0.2) is 6.10 Å². The summed E-state index contributed by atoms with van der Waals surface area (Å²) in [4.78, 5) is 35.2. The van der Waals surface area contributed by atoms with Gasteiger partial charge in [-0.3, -0.25) is 9.59 Å². The molecule has 1 aromatic rings. The van der Waals surface area contributed by atoms with Gasteiger partial charge in [-0.1, -0.05) is 0 Å². The summed E-state index contributed by atoms with van der Waals surface area (Å²) in [7, 11) is 0. The Morgan fingerprint density at radius 1 is 1.26 bits per heavy atom. The van der Waals surface area contributed by atoms with Crippen molar-refractivity contribution in [3.8, 4) is 5.75 Å². The van der Waals surface area contributed by atoms with Crippen LogP contribution in [0.3, 0.4) is 0 Å². The minimum absolute atomic E-state index is 0.107. The number of carbonyl (C=O) groups is 3. The largest absolute Gasteiger partial charge is 0.494 e. The molecule has 1 aliphatic heterocycles. The first-order valence-electron chi connectivity index (χ1n) is 7.34. The summed E-state index contributed by atoms with van der Waals surface area (Å²) in [5.74, 6) is -0.598. The zero-order valence-electron chi connectivity index (χ0n) is 13.0. The molecule has 0 bridgehead atoms. The first-order chi connectivity index (χ1) is 11.0. The number of esters is 1. The molecule has 0 fully saturated rings. The summed E-state index contributed by atoms with van der Waals surface area (Å²) < 4.78 is 10.4. The van der Waals surface area contributed by atoms with Crippen LogP contribution in [-0.4, -0.2) is 36.1 Å². The number of hydrogen-bond donors (Lipinski definition) is 1. The number of hydrazone groups is 1. The summed E-state index contributed by atoms with van der Waals surface area (Å²) in [6.07, 6.45) is -0.565. The molecule has 1 aliphatic rings. The lowest BCUT2D eigenvalue weighted by Crippen LogP contribution is -2.34. The van der Waals surface area contributed by atoms with Gasteiger partial charge < -0.3 is 9.47 Å². The second kappa shape index (κ2) is 7.53. The molecule has 7 nitrogen and oxygen atoms in total. The summed E-state index contributed by atoms with van der Waals surface area (Å²) in [5.41, 5.74) is 2.75. The van der Waals surface area contributed by atoms with Crippen molar-refractivity contribution in [2.24, 2.45) is 5.10 Å². The van der Waals surface area contributed by atoms with Gasteiger partial charge in [-0.15, -0.1) is 0 Å². The smallest absolute Gasteiger partial charge is 0.355 e. The molecule has 2 rings (SSSR count). The number of ether oxygens (including phenoxy) is 2. The molecule has 0 aliphatic carbocycles. The first-order valence-corrected chi connectivity index (χ1v) is 7.34. The molecule has 1 N–H and O–H groups in total. The third-order valence-electron chi connectivity index (χ3n) is 3.24. The molecule has 0 radical (unpaired) electrons. The van der Waals surface area contributed by atoms with Crippen LogP contribution in [0.25, 0.3) is 0 Å². The SMILES string of the molecule is CCOc1ccc(C(=O)[C@H](C)OC(=O)C2=NNC(=O)CC2)cc1. The van der Waals surface area contributed by atoms with Crippen LogP contribution in [0.5, 0.6) is 5.75 Å². The molecule has 1 amide bonds. The molecule has 1 aromatic carbocycles. The van der Waals surface area contributed by atoms with Gasteiger partial charge in [0.1, 0.15) is 11.5 Å². The van der Waals surface area contributed by atoms with Gasteiger partial charge in [0.2, 0.25) is 11.7 Å². The highest BCUT2D eigenvalue weighted by Gasteiger charge is 2.25. The van der Waals surface area contributed by atoms with E-state index in [0.29, 0.717) is 17.9 Å². The predicted octanol–water partition coefficient (Wildman–Crippen LogP) is 1.47. The van der Waals surface area contributed by atoms with E-state index in [-0.39, 0.29) is 30.2 Å². The number of hydrogen-bond acceptors (Lipinski definition) is 6. The molecule has 1 heterocycles. The number of amides is 1. The Kier molecular flexibility index (Phi) is 5.46. The summed E-state index contributed by atoms with van der Waals surface area (Å²) in [6, 6.07) is 6.62. The Bertz CT molecular complexity index is 636. The van der Waals surface area contributed by atoms with Gasteiger partial charge in [0.25, 0.3) is 0 Å². The topological polar surface area (TPSA) is 94.1 Å². The van der Waals surface area contributed by atoms with Crippen LogP contribution >= 0.6 is 0 Å². The zero-order valence-corrected chi connectivity index (χ0v) is 13.0. The summed E-state index contributed by atoms with van der Waals surface area (Å²) >= 11 is 0. The molecule has 1 atom stereocenters. The lowest BCUT2D eigenvalue weighted by Gasteiger charge is -2.15. The van der Waals surface area contributed by atoms with Gasteiger partial charge in [0.05, 0.1) is 6.61 Å². The van der Waals surface area contributed by atoms with E-state index in [1.54, 1.807) is 24.3 Å². The van der Waals surface area contributed by atoms with Crippen LogP contribution in [0.4, 0.5) is 0 Å². The van der Waals surface area contributed by atoms with Gasteiger partial charge in [-0.25, -0.2) is 10.2 Å². The van der Waals surface area contributed by atoms with E-state index in [4.69, 9.17) is 9.47 Å². The Morgan fingerprint density at radius 3 is 2.52 bits per heavy atom. The lowest BCUT2D eigenvalue weighted by molar-refractivity contribution is -0.138. The molecular formula is C16H18N2O5. The van der Waals surface area contributed by atoms with Crippen molar-refractivity contribution < 1.29 is 23.9 Å². The number of carbonyl (C=O) groups excluding carboxylic acids is 3. The van der Waals surface area contributed by atoms with Crippen LogP contribution < -0.4 is 10.2 Å². The minimum Gasteiger partial charge on any atom is -0.494 e. The van der Waals surface area contributed by atoms with Crippen molar-refractivity contribution in [3.05, 3.63) is 29.8 Å². The average Bonchev–Trinajstić information content (AvgIpc) is 2.55. The van der Waals surface area contributed by atoms with E-state index >= 15 is 0 Å². The molecule has 0 aromatic heterocycles. The van der Waals surface area contributed by atoms with E-state index in [1.807, 2.05) is 6.92 Å². The molecule has 0 saturated heterocycles. The van der Waals surface area contributed by atoms with Gasteiger partial charge in [-0.2, -0.15) is 5.10 Å². The van der Waals surface area contributed by atoms with Crippen molar-refractivity contribution in [2.75, 3.05) is 6.61 Å². The number of ketones is 1. The van der Waals surface area contributed by atoms with Gasteiger partial charge in [0, 0.05) is 18.4 Å². The van der Waals surface area contributed by atoms with Crippen LogP contribution in [0.15, 0.2) is 29.4 Å². The minimum atomic E-state index is -0.944. The molecular weight excluding hydrogens is 300 g/mol. The number of nitrogens with one attached hydrogen (secondary N) is 1. The maximum absolute atomic E-state index is 12.3. The number of Topliss-reactive ketones (excluding diaryl/α,β-unsaturated/α-hetero) is 1. The molecule has 122 valence electrons. The van der Waals surface area contributed by atoms with Crippen molar-refractivity contribution in [2.45, 2.75) is 32.8 Å². The molecule has 0 spiro atoms. The van der Waals surface area contributed by atoms with Crippen LogP contribution in [0, 0.1) is 0 Å². The van der Waals surface area contributed by atoms with E-state index in [9.17, 15) is 14.4 Å². The fourth-order valence-electron chi connectivity index (χ4n) is 2.02. The maximum atomic E-state index is 12.3. The van der Waals surface area contributed by atoms with Crippen molar-refractivity contribution in [1.82, 2.24) is 5.43 Å². The zero-order chi connectivity index (χ0) is 16.8. The second-order valence-corrected chi connectivity index (χ2v) is 4.96. The Balaban J connectivity index is 1.96. The Morgan fingerprint density at radius 2 is 1.96 bits per heavy atom. The average molecular weight is 318 g/mol. The normalized spacial score (nSPS) is 15.2. The molecule has 7 heteroatoms. The van der Waals surface area contributed by atoms with Crippen LogP contribution in [0.2, 0.25) is 0 Å². The van der Waals surface area contributed by atoms with Crippen molar-refractivity contribution in [3.63, 3.8) is 0 Å². The maximum Gasteiger partial charge on any atom is 0.355 e. The molecule has 0 unspecified atom stereocenters. The quantitative estimate of drug-likeness (QED) is 0.633. The lowest BCUT2D eigenvalue weighted by atomic mass is 10.1. The Labute approximate surface area is 133 Å². The fourth-order valence-corrected chi connectivity index (χ4v) is 2.02. The van der Waals surface area contributed by atoms with Crippen LogP contribution in [-0.2, 0) is 14.3 Å². The number of rotatable bonds is 6. The first kappa shape index (κ1) is 16.7. The van der Waals surface area contributed by atoms with Crippen LogP contribution in [0.1, 0.15) is 37.0 Å². The highest BCUT2D eigenvalue weighted by Crippen LogP contribution is 2.15. The number of nitrogens with zero attached hydrogens (tertiary/aromatic N) is 1. The monoisotopic (exact) mass is 318 g/mol. The molecule has 23 heavy (non-hydrogen) atoms. The number of benzene rings is 1. The van der Waals surface area contributed by atoms with Gasteiger partial charge >= 0.3 is 5.97 Å². The predicted molar refractivity (Wildman–Crippen MR) is 82.3 cm³/mol. The third kappa shape index (κ3) is 4.38. The highest BCUT2D eigenvalue weighted by molar-refractivity contribution is 6.37. The standard InChI is InChI=1S/C16H18N2O5/c1-3-22-12-6-4-11(5-7-12)15(20)10(2)23-16(21)13-8-9-14(19)18-17-13/h4-7,10H,3,8-9H2,1-2H3,(H,18,19)/t10-/m0/s1. The fraction of sp³-hybridized carbons (Fsp3) is 0.375. The van der Waals surface area contributed by atoms with E-state index < -0.39 is 12.1 Å². The van der Waals surface area contributed by atoms with E-state index in [0.717, 1.165) is 0 Å². The van der Waals surface area contributed by atoms with Gasteiger partial charge in [-0.05, 0) is 38.1 Å². The summed E-state index contributed by atoms with van der Waals surface area (Å²) in [6.45, 7) is 3.91. The van der Waals surface area contributed by atoms with Crippen molar-refractivity contribution in [1.29, 1.82) is 0 Å². The highest BCUT2D eigenvalue weighted by atomic mass is 16.5. The summed E-state index contributed by atoms with van der Waals surface area (Å²) in [5, 5.41) is 3.64. The molecule has 0 saturated carbocycles. The Hall–Kier alpha value is -2.70. The van der Waals surface area contributed by atoms with E-state index in [1.165, 1.54) is 6.92 Å².